The molecule has 1 amide bonds. The highest BCUT2D eigenvalue weighted by molar-refractivity contribution is 7.13. The van der Waals surface area contributed by atoms with Gasteiger partial charge in [-0.1, -0.05) is 59.6 Å². The predicted octanol–water partition coefficient (Wildman–Crippen LogP) is 6.95. The second-order valence-corrected chi connectivity index (χ2v) is 8.11. The molecule has 0 saturated heterocycles. The van der Waals surface area contributed by atoms with Crippen LogP contribution in [0.25, 0.3) is 10.6 Å². The Kier molecular flexibility index (Phi) is 6.33. The summed E-state index contributed by atoms with van der Waals surface area (Å²) in [6.45, 7) is 0.321. The van der Waals surface area contributed by atoms with Crippen molar-refractivity contribution >= 4 is 46.1 Å². The third-order valence-corrected chi connectivity index (χ3v) is 5.74. The molecule has 4 rings (SSSR count). The molecule has 1 N–H and O–H groups in total. The molecule has 0 aliphatic rings. The van der Waals surface area contributed by atoms with Gasteiger partial charge in [-0.05, 0) is 36.4 Å². The van der Waals surface area contributed by atoms with Crippen LogP contribution < -0.4 is 10.1 Å². The van der Waals surface area contributed by atoms with E-state index in [1.165, 1.54) is 11.3 Å². The number of para-hydroxylation sites is 1. The van der Waals surface area contributed by atoms with Gasteiger partial charge in [-0.15, -0.1) is 11.3 Å². The largest absolute Gasteiger partial charge is 0.489 e. The summed E-state index contributed by atoms with van der Waals surface area (Å²) in [5, 5.41) is 6.47. The van der Waals surface area contributed by atoms with Crippen molar-refractivity contribution in [2.45, 2.75) is 6.61 Å². The van der Waals surface area contributed by atoms with E-state index in [-0.39, 0.29) is 5.91 Å². The van der Waals surface area contributed by atoms with Crippen LogP contribution in [0.4, 0.5) is 5.69 Å². The fourth-order valence-electron chi connectivity index (χ4n) is 2.75. The van der Waals surface area contributed by atoms with Crippen LogP contribution in [0, 0.1) is 0 Å². The van der Waals surface area contributed by atoms with Crippen LogP contribution in [-0.2, 0) is 6.61 Å². The van der Waals surface area contributed by atoms with Crippen molar-refractivity contribution in [3.8, 4) is 16.3 Å². The van der Waals surface area contributed by atoms with Crippen molar-refractivity contribution in [2.24, 2.45) is 0 Å². The quantitative estimate of drug-likeness (QED) is 0.342. The third-order valence-electron chi connectivity index (χ3n) is 4.26. The van der Waals surface area contributed by atoms with Crippen molar-refractivity contribution in [1.29, 1.82) is 0 Å². The van der Waals surface area contributed by atoms with Crippen molar-refractivity contribution in [3.05, 3.63) is 99.5 Å². The number of nitrogens with zero attached hydrogens (tertiary/aromatic N) is 1. The molecule has 0 aliphatic carbocycles. The molecule has 0 bridgehead atoms. The molecule has 1 aromatic heterocycles. The van der Waals surface area contributed by atoms with Crippen molar-refractivity contribution in [2.75, 3.05) is 5.32 Å². The Hall–Kier alpha value is -2.86. The van der Waals surface area contributed by atoms with Gasteiger partial charge in [-0.3, -0.25) is 4.79 Å². The first-order chi connectivity index (χ1) is 14.6. The lowest BCUT2D eigenvalue weighted by molar-refractivity contribution is 0.102. The summed E-state index contributed by atoms with van der Waals surface area (Å²) in [6.07, 6.45) is 0. The maximum atomic E-state index is 12.4. The van der Waals surface area contributed by atoms with Crippen LogP contribution in [0.5, 0.6) is 5.75 Å². The van der Waals surface area contributed by atoms with Gasteiger partial charge in [0, 0.05) is 32.2 Å². The highest BCUT2D eigenvalue weighted by atomic mass is 35.5. The summed E-state index contributed by atoms with van der Waals surface area (Å²) >= 11 is 13.5. The van der Waals surface area contributed by atoms with Crippen LogP contribution in [0.1, 0.15) is 16.1 Å². The molecule has 0 unspecified atom stereocenters. The van der Waals surface area contributed by atoms with Gasteiger partial charge in [-0.25, -0.2) is 4.98 Å². The zero-order chi connectivity index (χ0) is 20.9. The van der Waals surface area contributed by atoms with E-state index < -0.39 is 0 Å². The number of aromatic nitrogens is 1. The average molecular weight is 455 g/mol. The third kappa shape index (κ3) is 5.00. The van der Waals surface area contributed by atoms with Crippen molar-refractivity contribution in [1.82, 2.24) is 4.98 Å². The highest BCUT2D eigenvalue weighted by Crippen LogP contribution is 2.28. The topological polar surface area (TPSA) is 51.2 Å². The molecule has 0 aliphatic heterocycles. The van der Waals surface area contributed by atoms with E-state index in [0.29, 0.717) is 28.1 Å². The van der Waals surface area contributed by atoms with Crippen LogP contribution in [0.2, 0.25) is 10.0 Å². The number of anilines is 1. The zero-order valence-corrected chi connectivity index (χ0v) is 18.0. The van der Waals surface area contributed by atoms with Crippen LogP contribution in [0.3, 0.4) is 0 Å². The second kappa shape index (κ2) is 9.30. The number of hydrogen-bond acceptors (Lipinski definition) is 4. The Morgan fingerprint density at radius 3 is 2.63 bits per heavy atom. The molecule has 1 heterocycles. The Morgan fingerprint density at radius 1 is 1.00 bits per heavy atom. The lowest BCUT2D eigenvalue weighted by Crippen LogP contribution is -2.12. The number of carbonyl (C=O) groups excluding carboxylic acids is 1. The first-order valence-corrected chi connectivity index (χ1v) is 10.7. The van der Waals surface area contributed by atoms with Crippen LogP contribution in [-0.4, -0.2) is 10.9 Å². The molecule has 4 aromatic rings. The smallest absolute Gasteiger partial charge is 0.275 e. The van der Waals surface area contributed by atoms with E-state index in [9.17, 15) is 4.79 Å². The molecule has 3 aromatic carbocycles. The van der Waals surface area contributed by atoms with E-state index in [4.69, 9.17) is 27.9 Å². The highest BCUT2D eigenvalue weighted by Gasteiger charge is 2.13. The lowest BCUT2D eigenvalue weighted by Gasteiger charge is -2.09. The fourth-order valence-corrected chi connectivity index (χ4v) is 4.01. The first kappa shape index (κ1) is 20.4. The summed E-state index contributed by atoms with van der Waals surface area (Å²) in [5.41, 5.74) is 2.82. The van der Waals surface area contributed by atoms with Crippen LogP contribution >= 0.6 is 34.5 Å². The van der Waals surface area contributed by atoms with E-state index in [1.54, 1.807) is 17.5 Å². The molecule has 30 heavy (non-hydrogen) atoms. The monoisotopic (exact) mass is 454 g/mol. The zero-order valence-electron chi connectivity index (χ0n) is 15.6. The molecular formula is C23H16Cl2N2O2S. The van der Waals surface area contributed by atoms with Crippen molar-refractivity contribution < 1.29 is 9.53 Å². The van der Waals surface area contributed by atoms with E-state index >= 15 is 0 Å². The summed E-state index contributed by atoms with van der Waals surface area (Å²) in [7, 11) is 0. The Balaban J connectivity index is 1.45. The average Bonchev–Trinajstić information content (AvgIpc) is 3.25. The van der Waals surface area contributed by atoms with Gasteiger partial charge in [0.1, 0.15) is 23.1 Å². The number of rotatable bonds is 6. The van der Waals surface area contributed by atoms with Gasteiger partial charge in [0.25, 0.3) is 5.91 Å². The number of halogens is 2. The van der Waals surface area contributed by atoms with Crippen molar-refractivity contribution in [3.63, 3.8) is 0 Å². The van der Waals surface area contributed by atoms with Gasteiger partial charge >= 0.3 is 0 Å². The number of thiazole rings is 1. The predicted molar refractivity (Wildman–Crippen MR) is 123 cm³/mol. The number of carbonyl (C=O) groups is 1. The van der Waals surface area contributed by atoms with E-state index in [0.717, 1.165) is 21.8 Å². The standard InChI is InChI=1S/C23H16Cl2N2O2S/c24-17-10-9-16(20(25)12-17)13-29-19-8-4-5-15(11-19)23-27-21(14-30-23)22(28)26-18-6-2-1-3-7-18/h1-12,14H,13H2,(H,26,28). The number of amides is 1. The van der Waals surface area contributed by atoms with Gasteiger partial charge < -0.3 is 10.1 Å². The number of benzene rings is 3. The second-order valence-electron chi connectivity index (χ2n) is 6.41. The number of ether oxygens (including phenoxy) is 1. The minimum absolute atomic E-state index is 0.242. The summed E-state index contributed by atoms with van der Waals surface area (Å²) in [4.78, 5) is 16.9. The molecular weight excluding hydrogens is 439 g/mol. The molecule has 0 radical (unpaired) electrons. The van der Waals surface area contributed by atoms with Gasteiger partial charge in [0.05, 0.1) is 0 Å². The first-order valence-electron chi connectivity index (χ1n) is 9.07. The minimum Gasteiger partial charge on any atom is -0.489 e. The van der Waals surface area contributed by atoms with Gasteiger partial charge in [0.15, 0.2) is 0 Å². The van der Waals surface area contributed by atoms with E-state index in [2.05, 4.69) is 10.3 Å². The molecule has 150 valence electrons. The summed E-state index contributed by atoms with van der Waals surface area (Å²) in [5.74, 6) is 0.442. The van der Waals surface area contributed by atoms with E-state index in [1.807, 2.05) is 60.7 Å². The summed E-state index contributed by atoms with van der Waals surface area (Å²) < 4.78 is 5.88. The normalized spacial score (nSPS) is 10.6. The van der Waals surface area contributed by atoms with Gasteiger partial charge in [0.2, 0.25) is 0 Å². The van der Waals surface area contributed by atoms with Crippen LogP contribution in [0.15, 0.2) is 78.2 Å². The van der Waals surface area contributed by atoms with Gasteiger partial charge in [-0.2, -0.15) is 0 Å². The SMILES string of the molecule is O=C(Nc1ccccc1)c1csc(-c2cccc(OCc3ccc(Cl)cc3Cl)c2)n1. The number of hydrogen-bond donors (Lipinski definition) is 1. The Morgan fingerprint density at radius 2 is 1.83 bits per heavy atom. The molecule has 0 fully saturated rings. The molecule has 0 spiro atoms. The number of nitrogens with one attached hydrogen (secondary N) is 1. The maximum Gasteiger partial charge on any atom is 0.275 e. The fraction of sp³-hybridized carbons (Fsp3) is 0.0435. The minimum atomic E-state index is -0.242. The Labute approximate surface area is 188 Å². The lowest BCUT2D eigenvalue weighted by atomic mass is 10.2. The maximum absolute atomic E-state index is 12.4. The molecule has 7 heteroatoms. The Bertz CT molecular complexity index is 1180. The molecule has 4 nitrogen and oxygen atoms in total. The molecule has 0 saturated carbocycles. The summed E-state index contributed by atoms with van der Waals surface area (Å²) in [6, 6.07) is 22.2. The molecule has 0 atom stereocenters.